The molecule has 0 radical (unpaired) electrons. The van der Waals surface area contributed by atoms with Gasteiger partial charge in [0, 0.05) is 24.7 Å². The number of hydrogen-bond donors (Lipinski definition) is 1. The third-order valence-corrected chi connectivity index (χ3v) is 9.87. The van der Waals surface area contributed by atoms with Crippen LogP contribution in [0.25, 0.3) is 0 Å². The Morgan fingerprint density at radius 3 is 2.50 bits per heavy atom. The number of sulfonamides is 1. The smallest absolute Gasteiger partial charge is 0.338 e. The number of benzene rings is 2. The summed E-state index contributed by atoms with van der Waals surface area (Å²) in [7, 11) is -3.86. The number of carbonyl (C=O) groups excluding carboxylic acids is 2. The monoisotopic (exact) mass is 541 g/mol. The Hall–Kier alpha value is -3.04. The van der Waals surface area contributed by atoms with Crippen molar-refractivity contribution in [1.82, 2.24) is 0 Å². The van der Waals surface area contributed by atoms with Crippen LogP contribution in [-0.4, -0.2) is 32.6 Å². The number of ether oxygens (including phenoxy) is 2. The van der Waals surface area contributed by atoms with Crippen molar-refractivity contribution in [2.75, 3.05) is 0 Å². The van der Waals surface area contributed by atoms with Crippen molar-refractivity contribution < 1.29 is 31.9 Å². The minimum absolute atomic E-state index is 0.0203. The Bertz CT molecular complexity index is 1410. The lowest BCUT2D eigenvalue weighted by molar-refractivity contribution is -0.131. The first-order valence-electron chi connectivity index (χ1n) is 12.8. The van der Waals surface area contributed by atoms with Gasteiger partial charge < -0.3 is 9.47 Å². The van der Waals surface area contributed by atoms with Crippen molar-refractivity contribution >= 4 is 22.0 Å². The van der Waals surface area contributed by atoms with Crippen molar-refractivity contribution in [2.24, 2.45) is 22.4 Å². The van der Waals surface area contributed by atoms with Crippen LogP contribution in [0.2, 0.25) is 0 Å². The van der Waals surface area contributed by atoms with Gasteiger partial charge in [-0.05, 0) is 84.5 Å². The molecule has 202 valence electrons. The predicted octanol–water partition coefficient (Wildman–Crippen LogP) is 4.63. The van der Waals surface area contributed by atoms with Gasteiger partial charge in [0.05, 0.1) is 10.5 Å². The first kappa shape index (κ1) is 26.6. The van der Waals surface area contributed by atoms with Crippen LogP contribution in [0.3, 0.4) is 0 Å². The molecule has 0 amide bonds. The molecule has 3 aliphatic rings. The summed E-state index contributed by atoms with van der Waals surface area (Å²) in [4.78, 5) is 24.2. The molecule has 0 heterocycles. The maximum Gasteiger partial charge on any atom is 0.338 e. The van der Waals surface area contributed by atoms with E-state index in [1.54, 1.807) is 12.1 Å². The molecule has 2 aromatic carbocycles. The molecule has 0 bridgehead atoms. The van der Waals surface area contributed by atoms with Gasteiger partial charge in [0.15, 0.2) is 0 Å². The molecule has 0 aromatic heterocycles. The molecule has 2 fully saturated rings. The lowest BCUT2D eigenvalue weighted by atomic mass is 9.48. The first-order chi connectivity index (χ1) is 17.9. The molecule has 2 N–H and O–H groups in total. The molecule has 2 aromatic rings. The maximum absolute atomic E-state index is 16.1. The zero-order valence-corrected chi connectivity index (χ0v) is 22.3. The largest absolute Gasteiger partial charge is 0.459 e. The summed E-state index contributed by atoms with van der Waals surface area (Å²) >= 11 is 0. The molecule has 3 aliphatic carbocycles. The number of hydrogen-bond acceptors (Lipinski definition) is 6. The number of nitrogens with two attached hydrogens (primary N) is 1. The zero-order valence-electron chi connectivity index (χ0n) is 21.5. The molecule has 0 spiro atoms. The van der Waals surface area contributed by atoms with Gasteiger partial charge in [0.2, 0.25) is 10.0 Å². The number of esters is 2. The summed E-state index contributed by atoms with van der Waals surface area (Å²) in [6.45, 7) is 7.64. The molecular weight excluding hydrogens is 509 g/mol. The summed E-state index contributed by atoms with van der Waals surface area (Å²) < 4.78 is 50.2. The molecule has 9 heteroatoms. The molecular formula is C29H32FNO6S. The van der Waals surface area contributed by atoms with E-state index in [0.29, 0.717) is 18.6 Å². The van der Waals surface area contributed by atoms with Gasteiger partial charge in [0.1, 0.15) is 18.0 Å². The van der Waals surface area contributed by atoms with E-state index in [-0.39, 0.29) is 40.2 Å². The number of alkyl halides is 1. The third-order valence-electron chi connectivity index (χ3n) is 8.94. The van der Waals surface area contributed by atoms with Crippen molar-refractivity contribution in [2.45, 2.75) is 68.5 Å². The fourth-order valence-corrected chi connectivity index (χ4v) is 7.81. The maximum atomic E-state index is 16.1. The highest BCUT2D eigenvalue weighted by molar-refractivity contribution is 7.89. The van der Waals surface area contributed by atoms with E-state index in [4.69, 9.17) is 14.6 Å². The number of carbonyl (C=O) groups is 2. The van der Waals surface area contributed by atoms with Gasteiger partial charge in [-0.15, -0.1) is 6.58 Å². The second-order valence-electron chi connectivity index (χ2n) is 11.2. The quantitative estimate of drug-likeness (QED) is 0.336. The molecule has 6 atom stereocenters. The van der Waals surface area contributed by atoms with Gasteiger partial charge in [-0.2, -0.15) is 0 Å². The van der Waals surface area contributed by atoms with Crippen molar-refractivity contribution in [3.05, 3.63) is 71.8 Å². The van der Waals surface area contributed by atoms with Gasteiger partial charge in [-0.25, -0.2) is 22.7 Å². The zero-order chi connectivity index (χ0) is 27.5. The van der Waals surface area contributed by atoms with Crippen LogP contribution in [0.1, 0.15) is 61.0 Å². The fraction of sp³-hybridized carbons (Fsp3) is 0.448. The second kappa shape index (κ2) is 9.31. The summed E-state index contributed by atoms with van der Waals surface area (Å²) in [5.41, 5.74) is 1.34. The molecule has 0 aliphatic heterocycles. The number of fused-ring (bicyclic) bond motifs is 5. The number of rotatable bonds is 5. The van der Waals surface area contributed by atoms with Crippen molar-refractivity contribution in [3.63, 3.8) is 0 Å². The van der Waals surface area contributed by atoms with E-state index in [1.165, 1.54) is 31.2 Å². The Morgan fingerprint density at radius 1 is 1.16 bits per heavy atom. The average molecular weight is 542 g/mol. The lowest BCUT2D eigenvalue weighted by Gasteiger charge is -2.56. The molecule has 7 nitrogen and oxygen atoms in total. The van der Waals surface area contributed by atoms with E-state index in [2.05, 4.69) is 13.5 Å². The Balaban J connectivity index is 1.39. The number of primary sulfonamides is 1. The normalized spacial score (nSPS) is 31.9. The topological polar surface area (TPSA) is 113 Å². The molecule has 38 heavy (non-hydrogen) atoms. The van der Waals surface area contributed by atoms with Gasteiger partial charge >= 0.3 is 11.9 Å². The van der Waals surface area contributed by atoms with Gasteiger partial charge in [-0.1, -0.05) is 19.1 Å². The van der Waals surface area contributed by atoms with E-state index in [9.17, 15) is 18.0 Å². The van der Waals surface area contributed by atoms with Crippen molar-refractivity contribution in [1.29, 1.82) is 0 Å². The molecule has 2 saturated carbocycles. The van der Waals surface area contributed by atoms with Crippen LogP contribution < -0.4 is 9.88 Å². The van der Waals surface area contributed by atoms with Crippen LogP contribution in [0, 0.1) is 17.3 Å². The fourth-order valence-electron chi connectivity index (χ4n) is 7.29. The minimum Gasteiger partial charge on any atom is -0.459 e. The van der Waals surface area contributed by atoms with Gasteiger partial charge in [-0.3, -0.25) is 4.79 Å². The van der Waals surface area contributed by atoms with Crippen LogP contribution in [0.5, 0.6) is 5.75 Å². The van der Waals surface area contributed by atoms with Crippen LogP contribution in [-0.2, 0) is 31.4 Å². The summed E-state index contributed by atoms with van der Waals surface area (Å²) in [5.74, 6) is -0.894. The molecule has 3 unspecified atom stereocenters. The van der Waals surface area contributed by atoms with E-state index >= 15 is 4.39 Å². The number of allylic oxidation sites excluding steroid dienone is 1. The summed E-state index contributed by atoms with van der Waals surface area (Å²) in [6.07, 6.45) is 3.33. The van der Waals surface area contributed by atoms with Crippen LogP contribution in [0.15, 0.2) is 60.0 Å². The Morgan fingerprint density at radius 2 is 1.87 bits per heavy atom. The summed E-state index contributed by atoms with van der Waals surface area (Å²) in [6, 6.07) is 10.8. The SMILES string of the molecule is C=C[C@]12CC[C@]3(C)C[C@H](OC(=O)c4ccc(S(N)(=O)=O)cc4)CC3C1C(F)Cc1cc(OC(C)=O)ccc12. The number of halogens is 1. The minimum atomic E-state index is -3.86. The highest BCUT2D eigenvalue weighted by Gasteiger charge is 2.61. The highest BCUT2D eigenvalue weighted by atomic mass is 32.2. The Kier molecular flexibility index (Phi) is 6.51. The van der Waals surface area contributed by atoms with E-state index in [0.717, 1.165) is 24.0 Å². The van der Waals surface area contributed by atoms with E-state index < -0.39 is 33.5 Å². The van der Waals surface area contributed by atoms with Gasteiger partial charge in [0.25, 0.3) is 0 Å². The van der Waals surface area contributed by atoms with E-state index in [1.807, 2.05) is 12.1 Å². The molecule has 5 rings (SSSR count). The van der Waals surface area contributed by atoms with Crippen LogP contribution >= 0.6 is 0 Å². The standard InChI is InChI=1S/C29H32FNO6S/c1-4-29-12-11-28(3)16-21(37-27(33)18-5-8-22(9-6-18)38(31,34)35)15-24(28)26(29)25(30)14-19-13-20(36-17(2)32)7-10-23(19)29/h4-10,13,21,24-26H,1,11-12,14-16H2,2-3H3,(H2,31,34,35)/t21-,24?,25?,26?,28-,29-/m1/s1. The average Bonchev–Trinajstić information content (AvgIpc) is 3.18. The lowest BCUT2D eigenvalue weighted by Crippen LogP contribution is -2.54. The van der Waals surface area contributed by atoms with Crippen molar-refractivity contribution in [3.8, 4) is 5.75 Å². The predicted molar refractivity (Wildman–Crippen MR) is 139 cm³/mol. The first-order valence-corrected chi connectivity index (χ1v) is 14.3. The van der Waals surface area contributed by atoms with Crippen LogP contribution in [0.4, 0.5) is 4.39 Å². The third kappa shape index (κ3) is 4.45. The molecule has 0 saturated heterocycles. The Labute approximate surface area is 222 Å². The summed E-state index contributed by atoms with van der Waals surface area (Å²) in [5, 5.41) is 5.14. The highest BCUT2D eigenvalue weighted by Crippen LogP contribution is 2.64. The second-order valence-corrected chi connectivity index (χ2v) is 12.8.